The molecule has 0 unspecified atom stereocenters. The molecule has 0 amide bonds. The summed E-state index contributed by atoms with van der Waals surface area (Å²) >= 11 is 10.4. The lowest BCUT2D eigenvalue weighted by molar-refractivity contribution is 0.496. The molecule has 0 N–H and O–H groups in total. The number of halogens is 3. The molecule has 0 saturated heterocycles. The van der Waals surface area contributed by atoms with E-state index in [4.69, 9.17) is 0 Å². The van der Waals surface area contributed by atoms with E-state index < -0.39 is 0 Å². The van der Waals surface area contributed by atoms with Gasteiger partial charge in [-0.2, -0.15) is 0 Å². The van der Waals surface area contributed by atoms with Gasteiger partial charge in [-0.1, -0.05) is 47.8 Å². The van der Waals surface area contributed by atoms with Gasteiger partial charge in [0, 0.05) is 16.0 Å². The molecule has 0 nitrogen and oxygen atoms in total. The van der Waals surface area contributed by atoms with Crippen LogP contribution < -0.4 is 0 Å². The molecule has 0 aliphatic rings. The van der Waals surface area contributed by atoms with E-state index >= 15 is 0 Å². The van der Waals surface area contributed by atoms with E-state index in [0.717, 1.165) is 21.9 Å². The maximum atomic E-state index is 3.55. The summed E-state index contributed by atoms with van der Waals surface area (Å²) in [6, 6.07) is 0. The zero-order valence-electron chi connectivity index (χ0n) is 6.66. The molecule has 0 rings (SSSR count). The first kappa shape index (κ1) is 12.4. The molecule has 0 heterocycles. The first-order valence-corrected chi connectivity index (χ1v) is 7.39. The Morgan fingerprint density at radius 3 is 1.55 bits per heavy atom. The highest BCUT2D eigenvalue weighted by Crippen LogP contribution is 2.17. The van der Waals surface area contributed by atoms with E-state index in [2.05, 4.69) is 47.8 Å². The van der Waals surface area contributed by atoms with E-state index in [0.29, 0.717) is 0 Å². The lowest BCUT2D eigenvalue weighted by Gasteiger charge is -2.11. The molecule has 0 radical (unpaired) electrons. The van der Waals surface area contributed by atoms with Crippen LogP contribution >= 0.6 is 47.8 Å². The van der Waals surface area contributed by atoms with Crippen molar-refractivity contribution >= 4 is 47.8 Å². The summed E-state index contributed by atoms with van der Waals surface area (Å²) < 4.78 is 0. The van der Waals surface area contributed by atoms with Crippen molar-refractivity contribution in [3.63, 3.8) is 0 Å². The summed E-state index contributed by atoms with van der Waals surface area (Å²) in [5.41, 5.74) is 0. The van der Waals surface area contributed by atoms with Crippen LogP contribution in [0.15, 0.2) is 0 Å². The fraction of sp³-hybridized carbons (Fsp3) is 1.00. The van der Waals surface area contributed by atoms with Crippen LogP contribution in [0.5, 0.6) is 0 Å². The van der Waals surface area contributed by atoms with Crippen LogP contribution in [0.25, 0.3) is 0 Å². The summed E-state index contributed by atoms with van der Waals surface area (Å²) in [7, 11) is 0. The van der Waals surface area contributed by atoms with Gasteiger partial charge in [0.05, 0.1) is 0 Å². The second kappa shape index (κ2) is 9.53. The van der Waals surface area contributed by atoms with E-state index in [1.807, 2.05) is 0 Å². The fourth-order valence-corrected chi connectivity index (χ4v) is 2.33. The van der Waals surface area contributed by atoms with Gasteiger partial charge in [-0.25, -0.2) is 0 Å². The molecule has 0 bridgehead atoms. The third-order valence-electron chi connectivity index (χ3n) is 1.71. The Morgan fingerprint density at radius 1 is 0.818 bits per heavy atom. The van der Waals surface area contributed by atoms with Crippen molar-refractivity contribution in [3.05, 3.63) is 0 Å². The van der Waals surface area contributed by atoms with E-state index in [1.165, 1.54) is 25.7 Å². The van der Waals surface area contributed by atoms with E-state index in [-0.39, 0.29) is 0 Å². The van der Waals surface area contributed by atoms with Gasteiger partial charge in [0.25, 0.3) is 0 Å². The van der Waals surface area contributed by atoms with Crippen LogP contribution in [-0.2, 0) is 0 Å². The van der Waals surface area contributed by atoms with E-state index in [1.54, 1.807) is 0 Å². The number of hydrogen-bond acceptors (Lipinski definition) is 0. The van der Waals surface area contributed by atoms with Gasteiger partial charge in [-0.3, -0.25) is 0 Å². The highest BCUT2D eigenvalue weighted by Gasteiger charge is 2.05. The van der Waals surface area contributed by atoms with Crippen molar-refractivity contribution in [1.29, 1.82) is 0 Å². The minimum Gasteiger partial charge on any atom is -0.0928 e. The predicted molar refractivity (Wildman–Crippen MR) is 63.3 cm³/mol. The Hall–Kier alpha value is 1.44. The Bertz CT molecular complexity index is 67.7. The number of hydrogen-bond donors (Lipinski definition) is 0. The Labute approximate surface area is 94.9 Å². The van der Waals surface area contributed by atoms with Gasteiger partial charge >= 0.3 is 0 Å². The first-order valence-electron chi connectivity index (χ1n) is 4.03. The molecule has 0 aromatic heterocycles. The third-order valence-corrected chi connectivity index (χ3v) is 3.75. The van der Waals surface area contributed by atoms with Crippen molar-refractivity contribution < 1.29 is 0 Å². The van der Waals surface area contributed by atoms with E-state index in [9.17, 15) is 0 Å². The molecule has 0 saturated carbocycles. The van der Waals surface area contributed by atoms with Crippen molar-refractivity contribution in [2.24, 2.45) is 5.92 Å². The molecule has 0 aromatic rings. The van der Waals surface area contributed by atoms with Gasteiger partial charge < -0.3 is 0 Å². The van der Waals surface area contributed by atoms with Gasteiger partial charge in [0.15, 0.2) is 0 Å². The summed E-state index contributed by atoms with van der Waals surface area (Å²) in [6.07, 6.45) is 5.31. The SMILES string of the molecule is BrCCCC(CBr)CCCBr. The average Bonchev–Trinajstić information content (AvgIpc) is 2.05. The van der Waals surface area contributed by atoms with Crippen LogP contribution in [0, 0.1) is 5.92 Å². The summed E-state index contributed by atoms with van der Waals surface area (Å²) in [5.74, 6) is 0.880. The second-order valence-corrected chi connectivity index (χ2v) is 4.92. The maximum absolute atomic E-state index is 3.55. The van der Waals surface area contributed by atoms with Gasteiger partial charge in [-0.05, 0) is 31.6 Å². The fourth-order valence-electron chi connectivity index (χ4n) is 1.03. The number of rotatable bonds is 7. The molecule has 0 fully saturated rings. The minimum atomic E-state index is 0.880. The van der Waals surface area contributed by atoms with Crippen LogP contribution in [0.1, 0.15) is 25.7 Å². The summed E-state index contributed by atoms with van der Waals surface area (Å²) in [5, 5.41) is 3.45. The lowest BCUT2D eigenvalue weighted by atomic mass is 10.0. The first-order chi connectivity index (χ1) is 5.35. The van der Waals surface area contributed by atoms with Crippen LogP contribution in [0.4, 0.5) is 0 Å². The Morgan fingerprint density at radius 2 is 1.27 bits per heavy atom. The molecule has 68 valence electrons. The van der Waals surface area contributed by atoms with Crippen LogP contribution in [0.2, 0.25) is 0 Å². The molecular weight excluding hydrogens is 336 g/mol. The predicted octanol–water partition coefficient (Wildman–Crippen LogP) is 4.35. The smallest absolute Gasteiger partial charge is 0.00596 e. The van der Waals surface area contributed by atoms with Crippen molar-refractivity contribution in [1.82, 2.24) is 0 Å². The monoisotopic (exact) mass is 348 g/mol. The van der Waals surface area contributed by atoms with Gasteiger partial charge in [-0.15, -0.1) is 0 Å². The molecule has 3 heteroatoms. The molecular formula is C8H15Br3. The van der Waals surface area contributed by atoms with Crippen LogP contribution in [-0.4, -0.2) is 16.0 Å². The molecule has 0 aliphatic heterocycles. The third kappa shape index (κ3) is 7.79. The Kier molecular flexibility index (Phi) is 10.8. The van der Waals surface area contributed by atoms with Crippen molar-refractivity contribution in [2.75, 3.05) is 16.0 Å². The molecule has 0 aliphatic carbocycles. The molecule has 0 aromatic carbocycles. The summed E-state index contributed by atoms with van der Waals surface area (Å²) in [6.45, 7) is 0. The van der Waals surface area contributed by atoms with Gasteiger partial charge in [0.2, 0.25) is 0 Å². The Balaban J connectivity index is 3.25. The summed E-state index contributed by atoms with van der Waals surface area (Å²) in [4.78, 5) is 0. The quantitative estimate of drug-likeness (QED) is 0.599. The van der Waals surface area contributed by atoms with Gasteiger partial charge in [0.1, 0.15) is 0 Å². The standard InChI is InChI=1S/C8H15Br3/c9-5-1-3-8(7-11)4-2-6-10/h8H,1-7H2. The molecule has 11 heavy (non-hydrogen) atoms. The maximum Gasteiger partial charge on any atom is 0.00596 e. The highest BCUT2D eigenvalue weighted by molar-refractivity contribution is 9.09. The van der Waals surface area contributed by atoms with Crippen molar-refractivity contribution in [3.8, 4) is 0 Å². The second-order valence-electron chi connectivity index (χ2n) is 2.68. The highest BCUT2D eigenvalue weighted by atomic mass is 79.9. The van der Waals surface area contributed by atoms with Crippen LogP contribution in [0.3, 0.4) is 0 Å². The zero-order chi connectivity index (χ0) is 8.53. The zero-order valence-corrected chi connectivity index (χ0v) is 11.4. The number of alkyl halides is 3. The minimum absolute atomic E-state index is 0.880. The topological polar surface area (TPSA) is 0 Å². The lowest BCUT2D eigenvalue weighted by Crippen LogP contribution is -2.02. The van der Waals surface area contributed by atoms with Crippen molar-refractivity contribution in [2.45, 2.75) is 25.7 Å². The average molecular weight is 351 g/mol. The normalized spacial score (nSPS) is 10.9. The largest absolute Gasteiger partial charge is 0.0928 e. The molecule has 0 atom stereocenters. The molecule has 0 spiro atoms.